The summed E-state index contributed by atoms with van der Waals surface area (Å²) in [5, 5.41) is 3.59. The van der Waals surface area contributed by atoms with Crippen molar-refractivity contribution in [2.75, 3.05) is 11.9 Å². The molecule has 0 aromatic carbocycles. The zero-order chi connectivity index (χ0) is 13.3. The largest absolute Gasteiger partial charge is 0.380 e. The van der Waals surface area contributed by atoms with E-state index in [2.05, 4.69) is 53.1 Å². The molecule has 1 heterocycles. The van der Waals surface area contributed by atoms with Crippen molar-refractivity contribution in [3.63, 3.8) is 0 Å². The molecule has 2 atom stereocenters. The van der Waals surface area contributed by atoms with E-state index in [0.29, 0.717) is 12.1 Å². The van der Waals surface area contributed by atoms with Gasteiger partial charge >= 0.3 is 0 Å². The lowest BCUT2D eigenvalue weighted by molar-refractivity contribution is -0.0976. The molecule has 100 valence electrons. The van der Waals surface area contributed by atoms with Gasteiger partial charge in [0.25, 0.3) is 0 Å². The predicted octanol–water partition coefficient (Wildman–Crippen LogP) is 3.77. The summed E-state index contributed by atoms with van der Waals surface area (Å²) in [4.78, 5) is 4.41. The second kappa shape index (κ2) is 5.17. The first-order valence-corrected chi connectivity index (χ1v) is 7.25. The summed E-state index contributed by atoms with van der Waals surface area (Å²) in [6.45, 7) is 9.39. The molecule has 0 bridgehead atoms. The molecular formula is C14H21BrN2O. The van der Waals surface area contributed by atoms with Crippen molar-refractivity contribution in [2.24, 2.45) is 5.41 Å². The summed E-state index contributed by atoms with van der Waals surface area (Å²) in [5.74, 6) is 0. The number of rotatable bonds is 4. The van der Waals surface area contributed by atoms with Gasteiger partial charge in [-0.2, -0.15) is 0 Å². The molecule has 4 heteroatoms. The molecule has 0 amide bonds. The van der Waals surface area contributed by atoms with Gasteiger partial charge in [0.05, 0.1) is 17.5 Å². The van der Waals surface area contributed by atoms with Crippen LogP contribution >= 0.6 is 15.9 Å². The fraction of sp³-hybridized carbons (Fsp3) is 0.643. The van der Waals surface area contributed by atoms with Crippen LogP contribution in [-0.4, -0.2) is 23.7 Å². The summed E-state index contributed by atoms with van der Waals surface area (Å²) < 4.78 is 6.63. The van der Waals surface area contributed by atoms with Crippen molar-refractivity contribution in [3.05, 3.63) is 22.4 Å². The normalized spacial score (nSPS) is 25.6. The fourth-order valence-electron chi connectivity index (χ4n) is 2.49. The van der Waals surface area contributed by atoms with Crippen LogP contribution in [0.2, 0.25) is 0 Å². The van der Waals surface area contributed by atoms with Crippen LogP contribution in [0.1, 0.15) is 32.9 Å². The van der Waals surface area contributed by atoms with Crippen LogP contribution in [0, 0.1) is 12.3 Å². The third kappa shape index (κ3) is 2.54. The van der Waals surface area contributed by atoms with Gasteiger partial charge in [0, 0.05) is 18.1 Å². The molecule has 1 fully saturated rings. The van der Waals surface area contributed by atoms with Gasteiger partial charge in [0.15, 0.2) is 0 Å². The number of pyridine rings is 1. The third-order valence-electron chi connectivity index (χ3n) is 3.93. The molecule has 3 nitrogen and oxygen atoms in total. The van der Waals surface area contributed by atoms with Crippen molar-refractivity contribution in [1.82, 2.24) is 4.98 Å². The van der Waals surface area contributed by atoms with Gasteiger partial charge in [-0.1, -0.05) is 13.8 Å². The first kappa shape index (κ1) is 13.8. The molecule has 1 saturated carbocycles. The molecule has 1 N–H and O–H groups in total. The summed E-state index contributed by atoms with van der Waals surface area (Å²) >= 11 is 3.39. The summed E-state index contributed by atoms with van der Waals surface area (Å²) in [6, 6.07) is 4.51. The SMILES string of the molecule is CCOC1CC(Nc2ccc(Br)nc2C)C1(C)C. The maximum absolute atomic E-state index is 5.75. The molecule has 1 aromatic heterocycles. The molecule has 1 aromatic rings. The highest BCUT2D eigenvalue weighted by molar-refractivity contribution is 9.10. The zero-order valence-electron chi connectivity index (χ0n) is 11.5. The molecule has 0 saturated heterocycles. The van der Waals surface area contributed by atoms with Gasteiger partial charge in [-0.25, -0.2) is 4.98 Å². The molecule has 0 spiro atoms. The number of aryl methyl sites for hydroxylation is 1. The number of halogens is 1. The number of hydrogen-bond acceptors (Lipinski definition) is 3. The van der Waals surface area contributed by atoms with E-state index in [1.54, 1.807) is 0 Å². The van der Waals surface area contributed by atoms with E-state index in [-0.39, 0.29) is 5.41 Å². The van der Waals surface area contributed by atoms with Crippen LogP contribution in [0.25, 0.3) is 0 Å². The number of ether oxygens (including phenoxy) is 1. The Morgan fingerprint density at radius 2 is 2.22 bits per heavy atom. The minimum atomic E-state index is 0.176. The topological polar surface area (TPSA) is 34.1 Å². The van der Waals surface area contributed by atoms with Gasteiger partial charge in [-0.3, -0.25) is 0 Å². The molecule has 18 heavy (non-hydrogen) atoms. The lowest BCUT2D eigenvalue weighted by atomic mass is 9.64. The molecule has 0 aliphatic heterocycles. The Balaban J connectivity index is 2.03. The van der Waals surface area contributed by atoms with Gasteiger partial charge in [0.2, 0.25) is 0 Å². The molecular weight excluding hydrogens is 292 g/mol. The summed E-state index contributed by atoms with van der Waals surface area (Å²) in [7, 11) is 0. The first-order valence-electron chi connectivity index (χ1n) is 6.46. The van der Waals surface area contributed by atoms with Crippen LogP contribution in [0.15, 0.2) is 16.7 Å². The smallest absolute Gasteiger partial charge is 0.106 e. The lowest BCUT2D eigenvalue weighted by Gasteiger charge is -2.52. The van der Waals surface area contributed by atoms with Crippen molar-refractivity contribution >= 4 is 21.6 Å². The quantitative estimate of drug-likeness (QED) is 0.859. The first-order chi connectivity index (χ1) is 8.45. The van der Waals surface area contributed by atoms with Crippen molar-refractivity contribution < 1.29 is 4.74 Å². The van der Waals surface area contributed by atoms with Crippen LogP contribution in [0.4, 0.5) is 5.69 Å². The Labute approximate surface area is 117 Å². The van der Waals surface area contributed by atoms with Gasteiger partial charge in [0.1, 0.15) is 4.60 Å². The van der Waals surface area contributed by atoms with Crippen LogP contribution in [-0.2, 0) is 4.74 Å². The van der Waals surface area contributed by atoms with Gasteiger partial charge in [-0.15, -0.1) is 0 Å². The van der Waals surface area contributed by atoms with E-state index in [1.165, 1.54) is 0 Å². The van der Waals surface area contributed by atoms with Crippen molar-refractivity contribution in [1.29, 1.82) is 0 Å². The Morgan fingerprint density at radius 3 is 2.78 bits per heavy atom. The van der Waals surface area contributed by atoms with Crippen LogP contribution in [0.3, 0.4) is 0 Å². The van der Waals surface area contributed by atoms with E-state index >= 15 is 0 Å². The minimum absolute atomic E-state index is 0.176. The lowest BCUT2D eigenvalue weighted by Crippen LogP contribution is -2.58. The number of hydrogen-bond donors (Lipinski definition) is 1. The average molecular weight is 313 g/mol. The highest BCUT2D eigenvalue weighted by Crippen LogP contribution is 2.44. The number of aromatic nitrogens is 1. The fourth-order valence-corrected chi connectivity index (χ4v) is 2.88. The Bertz CT molecular complexity index is 434. The molecule has 2 rings (SSSR count). The number of nitrogens with zero attached hydrogens (tertiary/aromatic N) is 1. The standard InChI is InChI=1S/C14H21BrN2O/c1-5-18-12-8-11(14(12,3)4)17-10-6-7-13(15)16-9(10)2/h6-7,11-12,17H,5,8H2,1-4H3. The molecule has 2 unspecified atom stereocenters. The summed E-state index contributed by atoms with van der Waals surface area (Å²) in [5.41, 5.74) is 2.32. The highest BCUT2D eigenvalue weighted by Gasteiger charge is 2.48. The van der Waals surface area contributed by atoms with Gasteiger partial charge < -0.3 is 10.1 Å². The highest BCUT2D eigenvalue weighted by atomic mass is 79.9. The van der Waals surface area contributed by atoms with E-state index in [9.17, 15) is 0 Å². The monoisotopic (exact) mass is 312 g/mol. The minimum Gasteiger partial charge on any atom is -0.380 e. The zero-order valence-corrected chi connectivity index (χ0v) is 13.0. The van der Waals surface area contributed by atoms with Crippen molar-refractivity contribution in [2.45, 2.75) is 46.3 Å². The number of nitrogens with one attached hydrogen (secondary N) is 1. The molecule has 1 aliphatic carbocycles. The maximum Gasteiger partial charge on any atom is 0.106 e. The number of anilines is 1. The molecule has 0 radical (unpaired) electrons. The van der Waals surface area contributed by atoms with Crippen LogP contribution in [0.5, 0.6) is 0 Å². The predicted molar refractivity (Wildman–Crippen MR) is 77.9 cm³/mol. The van der Waals surface area contributed by atoms with Crippen molar-refractivity contribution in [3.8, 4) is 0 Å². The van der Waals surface area contributed by atoms with E-state index < -0.39 is 0 Å². The van der Waals surface area contributed by atoms with E-state index in [1.807, 2.05) is 13.0 Å². The average Bonchev–Trinajstić information content (AvgIpc) is 2.30. The Morgan fingerprint density at radius 1 is 1.50 bits per heavy atom. The van der Waals surface area contributed by atoms with Gasteiger partial charge in [-0.05, 0) is 48.3 Å². The van der Waals surface area contributed by atoms with Crippen LogP contribution < -0.4 is 5.32 Å². The maximum atomic E-state index is 5.75. The molecule has 1 aliphatic rings. The Kier molecular flexibility index (Phi) is 3.97. The Hall–Kier alpha value is -0.610. The van der Waals surface area contributed by atoms with E-state index in [0.717, 1.165) is 29.0 Å². The van der Waals surface area contributed by atoms with E-state index in [4.69, 9.17) is 4.74 Å². The second-order valence-electron chi connectivity index (χ2n) is 5.46. The summed E-state index contributed by atoms with van der Waals surface area (Å²) in [6.07, 6.45) is 1.43. The third-order valence-corrected chi connectivity index (χ3v) is 4.37. The second-order valence-corrected chi connectivity index (χ2v) is 6.28.